The van der Waals surface area contributed by atoms with Gasteiger partial charge in [-0.2, -0.15) is 0 Å². The quantitative estimate of drug-likeness (QED) is 0.575. The van der Waals surface area contributed by atoms with E-state index in [4.69, 9.17) is 5.84 Å². The number of nitrogen functional groups attached to an aromatic ring is 1. The lowest BCUT2D eigenvalue weighted by Gasteiger charge is -2.27. The molecule has 1 aromatic heterocycles. The van der Waals surface area contributed by atoms with Crippen molar-refractivity contribution in [1.82, 2.24) is 10.3 Å². The number of hydrogen-bond acceptors (Lipinski definition) is 4. The zero-order valence-corrected chi connectivity index (χ0v) is 12.4. The Bertz CT molecular complexity index is 487. The van der Waals surface area contributed by atoms with Crippen molar-refractivity contribution in [2.24, 2.45) is 17.7 Å². The van der Waals surface area contributed by atoms with Crippen LogP contribution in [0.3, 0.4) is 0 Å². The van der Waals surface area contributed by atoms with Gasteiger partial charge in [0.25, 0.3) is 5.91 Å². The van der Waals surface area contributed by atoms with Gasteiger partial charge in [0.1, 0.15) is 0 Å². The maximum Gasteiger partial charge on any atom is 0.254 e. The summed E-state index contributed by atoms with van der Waals surface area (Å²) in [7, 11) is 0. The predicted molar refractivity (Wildman–Crippen MR) is 80.1 cm³/mol. The minimum Gasteiger partial charge on any atom is -0.352 e. The maximum absolute atomic E-state index is 13.9. The van der Waals surface area contributed by atoms with Gasteiger partial charge in [-0.25, -0.2) is 15.2 Å². The van der Waals surface area contributed by atoms with Crippen molar-refractivity contribution in [3.05, 3.63) is 23.6 Å². The molecular formula is C15H23FN4O. The van der Waals surface area contributed by atoms with Crippen molar-refractivity contribution in [1.29, 1.82) is 0 Å². The number of hydrazine groups is 1. The average molecular weight is 294 g/mol. The van der Waals surface area contributed by atoms with Crippen LogP contribution in [0.5, 0.6) is 0 Å². The van der Waals surface area contributed by atoms with E-state index in [2.05, 4.69) is 22.7 Å². The summed E-state index contributed by atoms with van der Waals surface area (Å²) in [5.74, 6) is 5.23. The number of nitrogens with one attached hydrogen (secondary N) is 2. The number of carbonyl (C=O) groups is 1. The van der Waals surface area contributed by atoms with E-state index in [1.807, 2.05) is 0 Å². The van der Waals surface area contributed by atoms with Gasteiger partial charge in [0.15, 0.2) is 11.6 Å². The smallest absolute Gasteiger partial charge is 0.254 e. The molecule has 0 unspecified atom stereocenters. The Morgan fingerprint density at radius 1 is 1.38 bits per heavy atom. The van der Waals surface area contributed by atoms with E-state index in [0.717, 1.165) is 18.8 Å². The minimum atomic E-state index is -0.716. The molecule has 0 aromatic carbocycles. The molecule has 5 nitrogen and oxygen atoms in total. The van der Waals surface area contributed by atoms with Crippen LogP contribution < -0.4 is 16.6 Å². The first-order valence-electron chi connectivity index (χ1n) is 7.55. The lowest BCUT2D eigenvalue weighted by molar-refractivity contribution is 0.0937. The van der Waals surface area contributed by atoms with Crippen molar-refractivity contribution < 1.29 is 9.18 Å². The summed E-state index contributed by atoms with van der Waals surface area (Å²) >= 11 is 0. The van der Waals surface area contributed by atoms with Crippen LogP contribution in [0.4, 0.5) is 10.2 Å². The molecule has 1 aliphatic rings. The molecule has 1 fully saturated rings. The molecule has 116 valence electrons. The highest BCUT2D eigenvalue weighted by molar-refractivity contribution is 5.95. The van der Waals surface area contributed by atoms with Gasteiger partial charge in [-0.1, -0.05) is 26.2 Å². The van der Waals surface area contributed by atoms with Crippen molar-refractivity contribution in [2.75, 3.05) is 12.0 Å². The molecule has 2 rings (SSSR count). The summed E-state index contributed by atoms with van der Waals surface area (Å²) in [6, 6.07) is 1.36. The van der Waals surface area contributed by atoms with E-state index in [1.54, 1.807) is 0 Å². The molecule has 0 spiro atoms. The van der Waals surface area contributed by atoms with Crippen LogP contribution in [0, 0.1) is 17.7 Å². The fourth-order valence-electron chi connectivity index (χ4n) is 2.90. The molecule has 21 heavy (non-hydrogen) atoms. The van der Waals surface area contributed by atoms with Gasteiger partial charge in [0.2, 0.25) is 0 Å². The molecule has 1 saturated carbocycles. The number of carbonyl (C=O) groups excluding carboxylic acids is 1. The summed E-state index contributed by atoms with van der Waals surface area (Å²) < 4.78 is 13.9. The standard InChI is InChI=1S/C15H23FN4O/c1-2-10-3-5-11(6-4-10)9-19-15(21)12-7-8-18-14(20-17)13(12)16/h7-8,10-11H,2-6,9,17H2,1H3,(H,18,20)(H,19,21). The van der Waals surface area contributed by atoms with Gasteiger partial charge < -0.3 is 10.7 Å². The Hall–Kier alpha value is -1.69. The second-order valence-electron chi connectivity index (χ2n) is 5.67. The van der Waals surface area contributed by atoms with Crippen LogP contribution in [0.25, 0.3) is 0 Å². The third-order valence-corrected chi connectivity index (χ3v) is 4.37. The Morgan fingerprint density at radius 3 is 2.67 bits per heavy atom. The summed E-state index contributed by atoms with van der Waals surface area (Å²) in [6.45, 7) is 2.82. The van der Waals surface area contributed by atoms with Crippen molar-refractivity contribution >= 4 is 11.7 Å². The van der Waals surface area contributed by atoms with E-state index >= 15 is 0 Å². The molecule has 0 saturated heterocycles. The zero-order valence-electron chi connectivity index (χ0n) is 12.4. The first kappa shape index (κ1) is 15.7. The Kier molecular flexibility index (Phi) is 5.50. The molecule has 1 aromatic rings. The summed E-state index contributed by atoms with van der Waals surface area (Å²) in [6.07, 6.45) is 7.31. The van der Waals surface area contributed by atoms with Gasteiger partial charge in [-0.3, -0.25) is 4.79 Å². The third-order valence-electron chi connectivity index (χ3n) is 4.37. The van der Waals surface area contributed by atoms with Crippen LogP contribution in [0.2, 0.25) is 0 Å². The Balaban J connectivity index is 1.88. The predicted octanol–water partition coefficient (Wildman–Crippen LogP) is 2.45. The van der Waals surface area contributed by atoms with Crippen molar-refractivity contribution in [3.63, 3.8) is 0 Å². The first-order chi connectivity index (χ1) is 10.2. The molecule has 1 heterocycles. The number of halogens is 1. The van der Waals surface area contributed by atoms with Crippen LogP contribution in [0.15, 0.2) is 12.3 Å². The average Bonchev–Trinajstić information content (AvgIpc) is 2.53. The fraction of sp³-hybridized carbons (Fsp3) is 0.600. The van der Waals surface area contributed by atoms with Crippen molar-refractivity contribution in [2.45, 2.75) is 39.0 Å². The summed E-state index contributed by atoms with van der Waals surface area (Å²) in [5, 5.41) is 2.82. The monoisotopic (exact) mass is 294 g/mol. The number of nitrogens with two attached hydrogens (primary N) is 1. The highest BCUT2D eigenvalue weighted by Gasteiger charge is 2.21. The summed E-state index contributed by atoms with van der Waals surface area (Å²) in [4.78, 5) is 15.8. The van der Waals surface area contributed by atoms with Gasteiger partial charge in [0.05, 0.1) is 5.56 Å². The number of pyridine rings is 1. The van der Waals surface area contributed by atoms with E-state index in [1.165, 1.54) is 31.5 Å². The minimum absolute atomic E-state index is 0.0276. The Labute approximate surface area is 124 Å². The van der Waals surface area contributed by atoms with Gasteiger partial charge in [-0.15, -0.1) is 0 Å². The SMILES string of the molecule is CCC1CCC(CNC(=O)c2ccnc(NN)c2F)CC1. The number of nitrogens with zero attached hydrogens (tertiary/aromatic N) is 1. The molecule has 1 aliphatic carbocycles. The van der Waals surface area contributed by atoms with Crippen LogP contribution in [0.1, 0.15) is 49.4 Å². The Morgan fingerprint density at radius 2 is 2.05 bits per heavy atom. The third kappa shape index (κ3) is 3.91. The van der Waals surface area contributed by atoms with E-state index in [-0.39, 0.29) is 11.4 Å². The second-order valence-corrected chi connectivity index (χ2v) is 5.67. The molecule has 4 N–H and O–H groups in total. The lowest BCUT2D eigenvalue weighted by atomic mass is 9.81. The second kappa shape index (κ2) is 7.36. The maximum atomic E-state index is 13.9. The molecule has 0 bridgehead atoms. The summed E-state index contributed by atoms with van der Waals surface area (Å²) in [5.41, 5.74) is 2.11. The van der Waals surface area contributed by atoms with Crippen LogP contribution >= 0.6 is 0 Å². The highest BCUT2D eigenvalue weighted by atomic mass is 19.1. The molecule has 1 amide bonds. The number of anilines is 1. The number of aromatic nitrogens is 1. The molecule has 0 atom stereocenters. The molecule has 0 aliphatic heterocycles. The lowest BCUT2D eigenvalue weighted by Crippen LogP contribution is -2.32. The fourth-order valence-corrected chi connectivity index (χ4v) is 2.90. The number of rotatable bonds is 5. The van der Waals surface area contributed by atoms with E-state index < -0.39 is 11.7 Å². The van der Waals surface area contributed by atoms with Gasteiger partial charge in [-0.05, 0) is 30.7 Å². The van der Waals surface area contributed by atoms with Gasteiger partial charge in [0, 0.05) is 12.7 Å². The van der Waals surface area contributed by atoms with E-state index in [9.17, 15) is 9.18 Å². The molecular weight excluding hydrogens is 271 g/mol. The van der Waals surface area contributed by atoms with Crippen LogP contribution in [-0.4, -0.2) is 17.4 Å². The topological polar surface area (TPSA) is 80.0 Å². The number of hydrogen-bond donors (Lipinski definition) is 3. The largest absolute Gasteiger partial charge is 0.352 e. The molecule has 6 heteroatoms. The zero-order chi connectivity index (χ0) is 15.2. The van der Waals surface area contributed by atoms with Gasteiger partial charge >= 0.3 is 0 Å². The van der Waals surface area contributed by atoms with E-state index in [0.29, 0.717) is 12.5 Å². The van der Waals surface area contributed by atoms with Crippen LogP contribution in [-0.2, 0) is 0 Å². The first-order valence-corrected chi connectivity index (χ1v) is 7.55. The van der Waals surface area contributed by atoms with Crippen molar-refractivity contribution in [3.8, 4) is 0 Å². The molecule has 0 radical (unpaired) electrons. The normalized spacial score (nSPS) is 21.9. The highest BCUT2D eigenvalue weighted by Crippen LogP contribution is 2.30. The number of amides is 1.